The zero-order valence-electron chi connectivity index (χ0n) is 15.3. The van der Waals surface area contributed by atoms with Crippen LogP contribution in [0.15, 0.2) is 48.2 Å². The van der Waals surface area contributed by atoms with Crippen molar-refractivity contribution in [2.75, 3.05) is 0 Å². The number of rotatable bonds is 4. The Morgan fingerprint density at radius 2 is 1.73 bits per heavy atom. The summed E-state index contributed by atoms with van der Waals surface area (Å²) in [6.45, 7) is 5.74. The maximum absolute atomic E-state index is 12.9. The van der Waals surface area contributed by atoms with E-state index in [9.17, 15) is 9.90 Å². The standard InChI is InChI=1S/C22H23ClO3/c1-4-14-6-7-16(15-8-10-17(23)11-9-15)12-18(14)20-21(24)13(3)26-19(5-2)22(20)25/h6-13,19,24H,4-5H2,1-3H3/t13-,19+/m0/s1. The van der Waals surface area contributed by atoms with Gasteiger partial charge < -0.3 is 9.84 Å². The summed E-state index contributed by atoms with van der Waals surface area (Å²) < 4.78 is 5.64. The molecule has 0 radical (unpaired) electrons. The summed E-state index contributed by atoms with van der Waals surface area (Å²) >= 11 is 5.99. The Bertz CT molecular complexity index is 852. The smallest absolute Gasteiger partial charge is 0.195 e. The molecule has 136 valence electrons. The summed E-state index contributed by atoms with van der Waals surface area (Å²) in [5.41, 5.74) is 4.20. The second kappa shape index (κ2) is 7.65. The molecule has 3 nitrogen and oxygen atoms in total. The number of carbonyl (C=O) groups is 1. The minimum Gasteiger partial charge on any atom is -0.509 e. The van der Waals surface area contributed by atoms with Gasteiger partial charge >= 0.3 is 0 Å². The number of Topliss-reactive ketones (excluding diaryl/α,β-unsaturated/α-hetero) is 1. The van der Waals surface area contributed by atoms with Crippen LogP contribution in [0.25, 0.3) is 16.7 Å². The molecule has 2 aromatic rings. The van der Waals surface area contributed by atoms with Crippen LogP contribution >= 0.6 is 11.6 Å². The summed E-state index contributed by atoms with van der Waals surface area (Å²) in [7, 11) is 0. The third-order valence-corrected chi connectivity index (χ3v) is 5.11. The minimum atomic E-state index is -0.514. The van der Waals surface area contributed by atoms with Gasteiger partial charge in [0.1, 0.15) is 18.0 Å². The van der Waals surface area contributed by atoms with Crippen molar-refractivity contribution in [2.24, 2.45) is 0 Å². The minimum absolute atomic E-state index is 0.0163. The molecule has 2 atom stereocenters. The van der Waals surface area contributed by atoms with Crippen LogP contribution in [0.4, 0.5) is 0 Å². The maximum Gasteiger partial charge on any atom is 0.195 e. The Morgan fingerprint density at radius 3 is 2.35 bits per heavy atom. The SMILES string of the molecule is CCc1ccc(-c2ccc(Cl)cc2)cc1C1=C(O)[C@H](C)O[C@H](CC)C1=O. The van der Waals surface area contributed by atoms with Gasteiger partial charge in [0.25, 0.3) is 0 Å². The molecule has 4 heteroatoms. The van der Waals surface area contributed by atoms with Gasteiger partial charge in [0.2, 0.25) is 0 Å². The van der Waals surface area contributed by atoms with E-state index in [0.29, 0.717) is 17.0 Å². The number of carbonyl (C=O) groups excluding carboxylic acids is 1. The Morgan fingerprint density at radius 1 is 1.08 bits per heavy atom. The molecule has 0 unspecified atom stereocenters. The molecule has 0 bridgehead atoms. The third-order valence-electron chi connectivity index (χ3n) is 4.86. The lowest BCUT2D eigenvalue weighted by Gasteiger charge is -2.29. The zero-order chi connectivity index (χ0) is 18.8. The molecular weight excluding hydrogens is 348 g/mol. The molecule has 1 aliphatic heterocycles. The van der Waals surface area contributed by atoms with Crippen LogP contribution in [0.5, 0.6) is 0 Å². The van der Waals surface area contributed by atoms with Gasteiger partial charge in [0, 0.05) is 5.02 Å². The van der Waals surface area contributed by atoms with Crippen molar-refractivity contribution in [3.8, 4) is 11.1 Å². The van der Waals surface area contributed by atoms with Gasteiger partial charge in [-0.3, -0.25) is 4.79 Å². The van der Waals surface area contributed by atoms with E-state index in [1.807, 2.05) is 56.3 Å². The molecule has 1 N–H and O–H groups in total. The van der Waals surface area contributed by atoms with E-state index in [1.54, 1.807) is 6.92 Å². The molecule has 0 amide bonds. The van der Waals surface area contributed by atoms with Crippen molar-refractivity contribution < 1.29 is 14.6 Å². The first kappa shape index (κ1) is 18.7. The Kier molecular flexibility index (Phi) is 5.49. The van der Waals surface area contributed by atoms with Gasteiger partial charge in [-0.15, -0.1) is 0 Å². The Labute approximate surface area is 159 Å². The Balaban J connectivity index is 2.16. The number of hydrogen-bond acceptors (Lipinski definition) is 3. The fraction of sp³-hybridized carbons (Fsp3) is 0.318. The van der Waals surface area contributed by atoms with Crippen molar-refractivity contribution in [1.82, 2.24) is 0 Å². The number of aliphatic hydroxyl groups is 1. The molecule has 0 spiro atoms. The predicted molar refractivity (Wildman–Crippen MR) is 105 cm³/mol. The molecule has 26 heavy (non-hydrogen) atoms. The first-order valence-corrected chi connectivity index (χ1v) is 9.36. The molecule has 0 saturated carbocycles. The summed E-state index contributed by atoms with van der Waals surface area (Å²) in [5.74, 6) is -0.131. The predicted octanol–water partition coefficient (Wildman–Crippen LogP) is 5.60. The first-order valence-electron chi connectivity index (χ1n) is 8.98. The van der Waals surface area contributed by atoms with E-state index in [0.717, 1.165) is 28.7 Å². The largest absolute Gasteiger partial charge is 0.509 e. The highest BCUT2D eigenvalue weighted by Crippen LogP contribution is 2.35. The monoisotopic (exact) mass is 370 g/mol. The highest BCUT2D eigenvalue weighted by atomic mass is 35.5. The second-order valence-corrected chi connectivity index (χ2v) is 6.97. The Hall–Kier alpha value is -2.10. The molecule has 1 aliphatic rings. The lowest BCUT2D eigenvalue weighted by Crippen LogP contribution is -2.36. The molecule has 3 rings (SSSR count). The number of hydrogen-bond donors (Lipinski definition) is 1. The van der Waals surface area contributed by atoms with Crippen LogP contribution in [0.1, 0.15) is 38.3 Å². The summed E-state index contributed by atoms with van der Waals surface area (Å²) in [4.78, 5) is 12.9. The summed E-state index contributed by atoms with van der Waals surface area (Å²) in [5, 5.41) is 11.3. The normalized spacial score (nSPS) is 20.5. The third kappa shape index (κ3) is 3.42. The van der Waals surface area contributed by atoms with Gasteiger partial charge in [-0.1, -0.05) is 49.7 Å². The fourth-order valence-corrected chi connectivity index (χ4v) is 3.48. The highest BCUT2D eigenvalue weighted by molar-refractivity contribution is 6.30. The van der Waals surface area contributed by atoms with Crippen LogP contribution in [0.2, 0.25) is 5.02 Å². The van der Waals surface area contributed by atoms with E-state index in [1.165, 1.54) is 0 Å². The number of ether oxygens (including phenoxy) is 1. The summed E-state index contributed by atoms with van der Waals surface area (Å²) in [6, 6.07) is 13.6. The number of aliphatic hydroxyl groups excluding tert-OH is 1. The van der Waals surface area contributed by atoms with Crippen LogP contribution in [0.3, 0.4) is 0 Å². The fourth-order valence-electron chi connectivity index (χ4n) is 3.35. The van der Waals surface area contributed by atoms with E-state index >= 15 is 0 Å². The van der Waals surface area contributed by atoms with Gasteiger partial charge in [-0.2, -0.15) is 0 Å². The summed E-state index contributed by atoms with van der Waals surface area (Å²) in [6.07, 6.45) is 0.348. The number of ketones is 1. The quantitative estimate of drug-likeness (QED) is 0.761. The molecule has 0 aliphatic carbocycles. The molecule has 0 fully saturated rings. The molecule has 0 aromatic heterocycles. The molecule has 1 heterocycles. The van der Waals surface area contributed by atoms with Gasteiger partial charge in [-0.25, -0.2) is 0 Å². The van der Waals surface area contributed by atoms with Crippen molar-refractivity contribution in [3.63, 3.8) is 0 Å². The molecule has 2 aromatic carbocycles. The van der Waals surface area contributed by atoms with E-state index in [2.05, 4.69) is 0 Å². The van der Waals surface area contributed by atoms with Gasteiger partial charge in [-0.05, 0) is 60.2 Å². The van der Waals surface area contributed by atoms with Crippen LogP contribution in [-0.2, 0) is 16.0 Å². The second-order valence-electron chi connectivity index (χ2n) is 6.53. The van der Waals surface area contributed by atoms with Crippen LogP contribution in [-0.4, -0.2) is 23.1 Å². The van der Waals surface area contributed by atoms with Crippen LogP contribution < -0.4 is 0 Å². The van der Waals surface area contributed by atoms with Crippen molar-refractivity contribution in [2.45, 2.75) is 45.8 Å². The lowest BCUT2D eigenvalue weighted by atomic mass is 9.87. The molecule has 0 saturated heterocycles. The highest BCUT2D eigenvalue weighted by Gasteiger charge is 2.35. The van der Waals surface area contributed by atoms with Crippen molar-refractivity contribution >= 4 is 23.0 Å². The van der Waals surface area contributed by atoms with Gasteiger partial charge in [0.05, 0.1) is 5.57 Å². The van der Waals surface area contributed by atoms with Crippen molar-refractivity contribution in [3.05, 3.63) is 64.4 Å². The zero-order valence-corrected chi connectivity index (χ0v) is 16.0. The van der Waals surface area contributed by atoms with E-state index < -0.39 is 12.2 Å². The lowest BCUT2D eigenvalue weighted by molar-refractivity contribution is -0.130. The maximum atomic E-state index is 12.9. The number of benzene rings is 2. The number of aryl methyl sites for hydroxylation is 1. The average molecular weight is 371 g/mol. The van der Waals surface area contributed by atoms with Gasteiger partial charge in [0.15, 0.2) is 5.78 Å². The first-order chi connectivity index (χ1) is 12.5. The van der Waals surface area contributed by atoms with E-state index in [-0.39, 0.29) is 11.5 Å². The molecular formula is C22H23ClO3. The average Bonchev–Trinajstić information content (AvgIpc) is 2.65. The topological polar surface area (TPSA) is 46.5 Å². The van der Waals surface area contributed by atoms with Crippen molar-refractivity contribution in [1.29, 1.82) is 0 Å². The van der Waals surface area contributed by atoms with Crippen LogP contribution in [0, 0.1) is 0 Å². The van der Waals surface area contributed by atoms with E-state index in [4.69, 9.17) is 16.3 Å². The number of halogens is 1.